The van der Waals surface area contributed by atoms with Gasteiger partial charge in [-0.15, -0.1) is 0 Å². The van der Waals surface area contributed by atoms with Crippen molar-refractivity contribution in [3.05, 3.63) is 29.8 Å². The number of likely N-dealkylation sites (tertiary alicyclic amines) is 1. The topological polar surface area (TPSA) is 38.5 Å². The summed E-state index contributed by atoms with van der Waals surface area (Å²) in [4.78, 5) is 2.56. The smallest absolute Gasteiger partial charge is 0.124 e. The maximum absolute atomic E-state index is 6.29. The summed E-state index contributed by atoms with van der Waals surface area (Å²) in [5.41, 5.74) is 7.51. The second-order valence-electron chi connectivity index (χ2n) is 7.04. The van der Waals surface area contributed by atoms with Crippen LogP contribution in [0.3, 0.4) is 0 Å². The van der Waals surface area contributed by atoms with E-state index in [1.54, 1.807) is 0 Å². The Morgan fingerprint density at radius 1 is 1.30 bits per heavy atom. The number of fused-ring (bicyclic) bond motifs is 1. The number of benzene rings is 1. The van der Waals surface area contributed by atoms with E-state index < -0.39 is 0 Å². The van der Waals surface area contributed by atoms with E-state index in [9.17, 15) is 0 Å². The highest BCUT2D eigenvalue weighted by Crippen LogP contribution is 2.43. The van der Waals surface area contributed by atoms with E-state index in [0.717, 1.165) is 25.3 Å². The number of para-hydroxylation sites is 1. The van der Waals surface area contributed by atoms with Gasteiger partial charge in [0.1, 0.15) is 11.4 Å². The number of hydrogen-bond acceptors (Lipinski definition) is 3. The quantitative estimate of drug-likeness (QED) is 0.855. The number of hydrogen-bond donors (Lipinski definition) is 1. The molecule has 20 heavy (non-hydrogen) atoms. The molecule has 1 aromatic carbocycles. The number of piperidine rings is 1. The molecule has 2 aliphatic heterocycles. The van der Waals surface area contributed by atoms with Gasteiger partial charge in [0.05, 0.1) is 0 Å². The van der Waals surface area contributed by atoms with Crippen molar-refractivity contribution in [2.45, 2.75) is 51.3 Å². The molecule has 3 nitrogen and oxygen atoms in total. The molecule has 3 rings (SSSR count). The van der Waals surface area contributed by atoms with Crippen LogP contribution in [0.1, 0.15) is 45.2 Å². The minimum absolute atomic E-state index is 0.105. The zero-order valence-electron chi connectivity index (χ0n) is 12.8. The Kier molecular flexibility index (Phi) is 3.51. The molecular formula is C17H26N2O. The van der Waals surface area contributed by atoms with Crippen LogP contribution in [0.25, 0.3) is 0 Å². The molecule has 3 unspecified atom stereocenters. The molecule has 2 heterocycles. The minimum atomic E-state index is -0.105. The van der Waals surface area contributed by atoms with Crippen LogP contribution in [0.2, 0.25) is 0 Å². The van der Waals surface area contributed by atoms with E-state index in [-0.39, 0.29) is 5.60 Å². The van der Waals surface area contributed by atoms with Crippen LogP contribution in [-0.4, -0.2) is 29.6 Å². The van der Waals surface area contributed by atoms with Gasteiger partial charge in [0.15, 0.2) is 0 Å². The van der Waals surface area contributed by atoms with E-state index in [2.05, 4.69) is 49.9 Å². The maximum Gasteiger partial charge on any atom is 0.124 e. The number of nitrogens with zero attached hydrogens (tertiary/aromatic N) is 1. The summed E-state index contributed by atoms with van der Waals surface area (Å²) in [6.07, 6.45) is 2.23. The van der Waals surface area contributed by atoms with Crippen LogP contribution in [0.15, 0.2) is 24.3 Å². The SMILES string of the molecule is CC1CCN(C2CC(C)(C)Oc3ccccc32)CC1N. The van der Waals surface area contributed by atoms with E-state index in [4.69, 9.17) is 10.5 Å². The molecule has 0 aliphatic carbocycles. The highest BCUT2D eigenvalue weighted by atomic mass is 16.5. The summed E-state index contributed by atoms with van der Waals surface area (Å²) < 4.78 is 6.13. The molecular weight excluding hydrogens is 248 g/mol. The van der Waals surface area contributed by atoms with E-state index in [1.807, 2.05) is 0 Å². The molecule has 1 aromatic rings. The molecule has 0 aromatic heterocycles. The van der Waals surface area contributed by atoms with Crippen molar-refractivity contribution >= 4 is 0 Å². The third-order valence-electron chi connectivity index (χ3n) is 4.84. The Morgan fingerprint density at radius 2 is 2.05 bits per heavy atom. The molecule has 3 atom stereocenters. The molecule has 0 saturated carbocycles. The second-order valence-corrected chi connectivity index (χ2v) is 7.04. The highest BCUT2D eigenvalue weighted by Gasteiger charge is 2.38. The zero-order chi connectivity index (χ0) is 14.3. The van der Waals surface area contributed by atoms with Crippen molar-refractivity contribution in [3.8, 4) is 5.75 Å². The van der Waals surface area contributed by atoms with Crippen LogP contribution < -0.4 is 10.5 Å². The van der Waals surface area contributed by atoms with Gasteiger partial charge in [0.25, 0.3) is 0 Å². The summed E-state index contributed by atoms with van der Waals surface area (Å²) in [7, 11) is 0. The average Bonchev–Trinajstić information content (AvgIpc) is 2.40. The number of rotatable bonds is 1. The lowest BCUT2D eigenvalue weighted by atomic mass is 9.85. The van der Waals surface area contributed by atoms with Gasteiger partial charge in [-0.1, -0.05) is 25.1 Å². The van der Waals surface area contributed by atoms with Crippen LogP contribution in [0.5, 0.6) is 5.75 Å². The summed E-state index contributed by atoms with van der Waals surface area (Å²) in [6.45, 7) is 8.77. The van der Waals surface area contributed by atoms with Crippen LogP contribution >= 0.6 is 0 Å². The lowest BCUT2D eigenvalue weighted by molar-refractivity contribution is 0.0154. The fourth-order valence-electron chi connectivity index (χ4n) is 3.50. The van der Waals surface area contributed by atoms with Crippen molar-refractivity contribution in [2.75, 3.05) is 13.1 Å². The molecule has 0 spiro atoms. The highest BCUT2D eigenvalue weighted by molar-refractivity contribution is 5.38. The van der Waals surface area contributed by atoms with Crippen LogP contribution in [0.4, 0.5) is 0 Å². The van der Waals surface area contributed by atoms with E-state index in [0.29, 0.717) is 18.0 Å². The summed E-state index contributed by atoms with van der Waals surface area (Å²) >= 11 is 0. The first-order valence-electron chi connectivity index (χ1n) is 7.74. The van der Waals surface area contributed by atoms with Gasteiger partial charge in [0.2, 0.25) is 0 Å². The predicted molar refractivity (Wildman–Crippen MR) is 81.8 cm³/mol. The number of nitrogens with two attached hydrogens (primary N) is 1. The molecule has 110 valence electrons. The zero-order valence-corrected chi connectivity index (χ0v) is 12.8. The Bertz CT molecular complexity index is 486. The van der Waals surface area contributed by atoms with Gasteiger partial charge in [-0.2, -0.15) is 0 Å². The van der Waals surface area contributed by atoms with E-state index >= 15 is 0 Å². The van der Waals surface area contributed by atoms with Crippen molar-refractivity contribution in [2.24, 2.45) is 11.7 Å². The Morgan fingerprint density at radius 3 is 2.80 bits per heavy atom. The molecule has 1 saturated heterocycles. The molecule has 1 fully saturated rings. The third kappa shape index (κ3) is 2.57. The molecule has 2 aliphatic rings. The summed E-state index contributed by atoms with van der Waals surface area (Å²) in [5.74, 6) is 1.68. The first-order chi connectivity index (χ1) is 9.46. The van der Waals surface area contributed by atoms with Crippen molar-refractivity contribution < 1.29 is 4.74 Å². The largest absolute Gasteiger partial charge is 0.487 e. The molecule has 0 radical (unpaired) electrons. The maximum atomic E-state index is 6.29. The van der Waals surface area contributed by atoms with Gasteiger partial charge in [-0.05, 0) is 38.8 Å². The minimum Gasteiger partial charge on any atom is -0.487 e. The van der Waals surface area contributed by atoms with Gasteiger partial charge in [-0.3, -0.25) is 4.90 Å². The Balaban J connectivity index is 1.89. The first kappa shape index (κ1) is 13.9. The average molecular weight is 274 g/mol. The van der Waals surface area contributed by atoms with Gasteiger partial charge < -0.3 is 10.5 Å². The standard InChI is InChI=1S/C17H26N2O/c1-12-8-9-19(11-14(12)18)15-10-17(2,3)20-16-7-5-4-6-13(15)16/h4-7,12,14-15H,8-11,18H2,1-3H3. The monoisotopic (exact) mass is 274 g/mol. The fourth-order valence-corrected chi connectivity index (χ4v) is 3.50. The predicted octanol–water partition coefficient (Wildman–Crippen LogP) is 2.96. The molecule has 0 bridgehead atoms. The van der Waals surface area contributed by atoms with Crippen LogP contribution in [-0.2, 0) is 0 Å². The van der Waals surface area contributed by atoms with Gasteiger partial charge in [0, 0.05) is 30.6 Å². The van der Waals surface area contributed by atoms with Crippen LogP contribution in [0, 0.1) is 5.92 Å². The van der Waals surface area contributed by atoms with Crippen molar-refractivity contribution in [3.63, 3.8) is 0 Å². The Labute approximate surface area is 122 Å². The second kappa shape index (κ2) is 5.05. The normalized spacial score (nSPS) is 33.3. The molecule has 0 amide bonds. The molecule has 2 N–H and O–H groups in total. The summed E-state index contributed by atoms with van der Waals surface area (Å²) in [5, 5.41) is 0. The Hall–Kier alpha value is -1.06. The van der Waals surface area contributed by atoms with Crippen molar-refractivity contribution in [1.29, 1.82) is 0 Å². The summed E-state index contributed by atoms with van der Waals surface area (Å²) in [6, 6.07) is 9.20. The lowest BCUT2D eigenvalue weighted by Gasteiger charge is -2.46. The molecule has 3 heteroatoms. The van der Waals surface area contributed by atoms with Crippen molar-refractivity contribution in [1.82, 2.24) is 4.90 Å². The van der Waals surface area contributed by atoms with Gasteiger partial charge >= 0.3 is 0 Å². The lowest BCUT2D eigenvalue weighted by Crippen LogP contribution is -2.51. The third-order valence-corrected chi connectivity index (χ3v) is 4.84. The number of ether oxygens (including phenoxy) is 1. The fraction of sp³-hybridized carbons (Fsp3) is 0.647. The first-order valence-corrected chi connectivity index (χ1v) is 7.74. The van der Waals surface area contributed by atoms with Gasteiger partial charge in [-0.25, -0.2) is 0 Å². The van der Waals surface area contributed by atoms with E-state index in [1.165, 1.54) is 12.0 Å².